The van der Waals surface area contributed by atoms with Crippen LogP contribution in [-0.4, -0.2) is 27.7 Å². The first-order chi connectivity index (χ1) is 13.5. The highest BCUT2D eigenvalue weighted by atomic mass is 19.3. The molecule has 0 saturated heterocycles. The summed E-state index contributed by atoms with van der Waals surface area (Å²) in [6.45, 7) is 6.41. The number of carbonyl (C=O) groups is 2. The number of halogens is 2. The van der Waals surface area contributed by atoms with Crippen LogP contribution < -0.4 is 10.6 Å². The summed E-state index contributed by atoms with van der Waals surface area (Å²) >= 11 is 0. The molecular formula is C21H26F2N4O2. The summed E-state index contributed by atoms with van der Waals surface area (Å²) in [5, 5.41) is 5.47. The molecule has 0 unspecified atom stereocenters. The largest absolute Gasteiger partial charge is 0.348 e. The predicted octanol–water partition coefficient (Wildman–Crippen LogP) is 3.90. The molecule has 0 bridgehead atoms. The third-order valence-electron chi connectivity index (χ3n) is 4.15. The van der Waals surface area contributed by atoms with E-state index in [1.165, 1.54) is 6.07 Å². The molecule has 2 aromatic rings. The van der Waals surface area contributed by atoms with Gasteiger partial charge in [-0.15, -0.1) is 0 Å². The molecule has 6 nitrogen and oxygen atoms in total. The van der Waals surface area contributed by atoms with E-state index in [2.05, 4.69) is 20.6 Å². The number of alkyl halides is 2. The van der Waals surface area contributed by atoms with Crippen LogP contribution in [0.5, 0.6) is 0 Å². The molecule has 2 heterocycles. The quantitative estimate of drug-likeness (QED) is 0.699. The molecule has 0 aromatic carbocycles. The number of aryl methyl sites for hydroxylation is 2. The Hall–Kier alpha value is -2.90. The summed E-state index contributed by atoms with van der Waals surface area (Å²) in [5.74, 6) is -3.09. The van der Waals surface area contributed by atoms with Gasteiger partial charge in [-0.2, -0.15) is 0 Å². The molecule has 2 aromatic heterocycles. The van der Waals surface area contributed by atoms with Crippen molar-refractivity contribution in [1.82, 2.24) is 15.3 Å². The Labute approximate surface area is 169 Å². The van der Waals surface area contributed by atoms with Crippen molar-refractivity contribution in [3.8, 4) is 0 Å². The monoisotopic (exact) mass is 404 g/mol. The molecule has 0 atom stereocenters. The van der Waals surface area contributed by atoms with Crippen LogP contribution in [0.25, 0.3) is 0 Å². The number of nitrogens with one attached hydrogen (secondary N) is 2. The van der Waals surface area contributed by atoms with E-state index in [-0.39, 0.29) is 37.1 Å². The predicted molar refractivity (Wildman–Crippen MR) is 107 cm³/mol. The Bertz CT molecular complexity index is 862. The highest BCUT2D eigenvalue weighted by Crippen LogP contribution is 2.19. The minimum absolute atomic E-state index is 0.179. The van der Waals surface area contributed by atoms with Gasteiger partial charge in [-0.25, -0.2) is 13.8 Å². The van der Waals surface area contributed by atoms with Crippen molar-refractivity contribution in [1.29, 1.82) is 0 Å². The second kappa shape index (κ2) is 9.54. The molecule has 0 radical (unpaired) electrons. The third kappa shape index (κ3) is 7.56. The molecule has 2 N–H and O–H groups in total. The molecule has 0 saturated carbocycles. The van der Waals surface area contributed by atoms with Gasteiger partial charge in [-0.05, 0) is 44.0 Å². The lowest BCUT2D eigenvalue weighted by Crippen LogP contribution is -2.24. The van der Waals surface area contributed by atoms with Crippen molar-refractivity contribution < 1.29 is 18.4 Å². The maximum absolute atomic E-state index is 12.9. The number of anilines is 1. The average molecular weight is 404 g/mol. The minimum atomic E-state index is -2.72. The molecular weight excluding hydrogens is 378 g/mol. The molecule has 2 rings (SSSR count). The molecule has 8 heteroatoms. The second-order valence-corrected chi connectivity index (χ2v) is 7.44. The zero-order chi connectivity index (χ0) is 21.6. The summed E-state index contributed by atoms with van der Waals surface area (Å²) in [7, 11) is 0. The molecule has 0 spiro atoms. The van der Waals surface area contributed by atoms with Gasteiger partial charge >= 0.3 is 0 Å². The maximum atomic E-state index is 12.9. The van der Waals surface area contributed by atoms with Gasteiger partial charge in [0, 0.05) is 42.0 Å². The lowest BCUT2D eigenvalue weighted by atomic mass is 10.1. The van der Waals surface area contributed by atoms with Gasteiger partial charge < -0.3 is 10.6 Å². The van der Waals surface area contributed by atoms with Gasteiger partial charge in [0.15, 0.2) is 0 Å². The van der Waals surface area contributed by atoms with Crippen LogP contribution in [0.2, 0.25) is 0 Å². The van der Waals surface area contributed by atoms with Crippen LogP contribution in [0.4, 0.5) is 14.6 Å². The van der Waals surface area contributed by atoms with Crippen LogP contribution in [0.15, 0.2) is 30.5 Å². The smallest absolute Gasteiger partial charge is 0.251 e. The molecule has 0 fully saturated rings. The summed E-state index contributed by atoms with van der Waals surface area (Å²) in [5.41, 5.74) is 2.32. The number of aromatic nitrogens is 2. The van der Waals surface area contributed by atoms with Crippen LogP contribution in [-0.2, 0) is 17.8 Å². The zero-order valence-corrected chi connectivity index (χ0v) is 17.1. The van der Waals surface area contributed by atoms with Crippen LogP contribution in [0.1, 0.15) is 54.5 Å². The standard InChI is InChI=1S/C21H26F2N4O2/c1-13(2)19(28)27-18-10-16(9-14(3)26-18)20(29)25-12-15-5-6-17(24-11-15)7-8-21(4,22)23/h5-6,9-11,13H,7-8,12H2,1-4H3,(H,25,29)(H,26,27,28). The Morgan fingerprint density at radius 1 is 1.21 bits per heavy atom. The number of amides is 2. The molecule has 0 aliphatic carbocycles. The lowest BCUT2D eigenvalue weighted by molar-refractivity contribution is -0.118. The summed E-state index contributed by atoms with van der Waals surface area (Å²) in [6.07, 6.45) is 1.50. The SMILES string of the molecule is Cc1cc(C(=O)NCc2ccc(CCC(C)(F)F)nc2)cc(NC(=O)C(C)C)n1. The van der Waals surface area contributed by atoms with Crippen LogP contribution >= 0.6 is 0 Å². The Kier molecular flexibility index (Phi) is 7.36. The minimum Gasteiger partial charge on any atom is -0.348 e. The van der Waals surface area contributed by atoms with Gasteiger partial charge in [-0.3, -0.25) is 14.6 Å². The van der Waals surface area contributed by atoms with Crippen LogP contribution in [0, 0.1) is 12.8 Å². The van der Waals surface area contributed by atoms with Crippen molar-refractivity contribution >= 4 is 17.6 Å². The molecule has 156 valence electrons. The van der Waals surface area contributed by atoms with Crippen LogP contribution in [0.3, 0.4) is 0 Å². The maximum Gasteiger partial charge on any atom is 0.251 e. The van der Waals surface area contributed by atoms with E-state index in [1.807, 2.05) is 0 Å². The number of hydrogen-bond acceptors (Lipinski definition) is 4. The first-order valence-corrected chi connectivity index (χ1v) is 9.43. The number of hydrogen-bond donors (Lipinski definition) is 2. The van der Waals surface area contributed by atoms with Crippen molar-refractivity contribution in [2.75, 3.05) is 5.32 Å². The number of pyridine rings is 2. The van der Waals surface area contributed by atoms with E-state index in [9.17, 15) is 18.4 Å². The number of carbonyl (C=O) groups excluding carboxylic acids is 2. The van der Waals surface area contributed by atoms with Crippen molar-refractivity contribution in [2.45, 2.75) is 53.0 Å². The van der Waals surface area contributed by atoms with Crippen molar-refractivity contribution in [3.63, 3.8) is 0 Å². The van der Waals surface area contributed by atoms with E-state index in [1.54, 1.807) is 45.2 Å². The second-order valence-electron chi connectivity index (χ2n) is 7.44. The molecule has 29 heavy (non-hydrogen) atoms. The zero-order valence-electron chi connectivity index (χ0n) is 17.1. The van der Waals surface area contributed by atoms with Gasteiger partial charge in [0.25, 0.3) is 5.91 Å². The lowest BCUT2D eigenvalue weighted by Gasteiger charge is -2.11. The van der Waals surface area contributed by atoms with E-state index in [4.69, 9.17) is 0 Å². The van der Waals surface area contributed by atoms with Gasteiger partial charge in [0.05, 0.1) is 0 Å². The van der Waals surface area contributed by atoms with Crippen molar-refractivity contribution in [3.05, 3.63) is 53.0 Å². The number of rotatable bonds is 8. The molecule has 2 amide bonds. The van der Waals surface area contributed by atoms with Gasteiger partial charge in [0.2, 0.25) is 11.8 Å². The topological polar surface area (TPSA) is 84.0 Å². The Morgan fingerprint density at radius 3 is 2.52 bits per heavy atom. The summed E-state index contributed by atoms with van der Waals surface area (Å²) < 4.78 is 25.8. The average Bonchev–Trinajstić information content (AvgIpc) is 2.64. The molecule has 0 aliphatic heterocycles. The normalized spacial score (nSPS) is 11.4. The summed E-state index contributed by atoms with van der Waals surface area (Å²) in [4.78, 5) is 32.7. The van der Waals surface area contributed by atoms with E-state index in [0.29, 0.717) is 22.8 Å². The first-order valence-electron chi connectivity index (χ1n) is 9.43. The Morgan fingerprint density at radius 2 is 1.93 bits per heavy atom. The fourth-order valence-electron chi connectivity index (χ4n) is 2.47. The van der Waals surface area contributed by atoms with E-state index < -0.39 is 5.92 Å². The highest BCUT2D eigenvalue weighted by Gasteiger charge is 2.20. The van der Waals surface area contributed by atoms with Gasteiger partial charge in [0.1, 0.15) is 5.82 Å². The molecule has 0 aliphatic rings. The fourth-order valence-corrected chi connectivity index (χ4v) is 2.47. The first kappa shape index (κ1) is 22.4. The van der Waals surface area contributed by atoms with E-state index >= 15 is 0 Å². The highest BCUT2D eigenvalue weighted by molar-refractivity contribution is 5.97. The summed E-state index contributed by atoms with van der Waals surface area (Å²) in [6, 6.07) is 6.59. The van der Waals surface area contributed by atoms with Crippen molar-refractivity contribution in [2.24, 2.45) is 5.92 Å². The van der Waals surface area contributed by atoms with Gasteiger partial charge in [-0.1, -0.05) is 19.9 Å². The third-order valence-corrected chi connectivity index (χ3v) is 4.15. The Balaban J connectivity index is 1.96. The fraction of sp³-hybridized carbons (Fsp3) is 0.429. The van der Waals surface area contributed by atoms with E-state index in [0.717, 1.165) is 12.5 Å². The number of nitrogens with zero attached hydrogens (tertiary/aromatic N) is 2.